The third kappa shape index (κ3) is 3.32. The molecule has 1 aromatic carbocycles. The number of hydrogen-bond donors (Lipinski definition) is 0. The maximum Gasteiger partial charge on any atom is 0.0580 e. The smallest absolute Gasteiger partial charge is 0.0580 e. The van der Waals surface area contributed by atoms with Crippen molar-refractivity contribution in [3.63, 3.8) is 0 Å². The molecule has 1 aliphatic heterocycles. The first-order chi connectivity index (χ1) is 8.18. The van der Waals surface area contributed by atoms with Gasteiger partial charge in [-0.15, -0.1) is 0 Å². The lowest BCUT2D eigenvalue weighted by atomic mass is 9.90. The molecule has 2 unspecified atom stereocenters. The number of benzene rings is 1. The van der Waals surface area contributed by atoms with Gasteiger partial charge in [-0.25, -0.2) is 0 Å². The van der Waals surface area contributed by atoms with E-state index in [9.17, 15) is 0 Å². The molecule has 2 heteroatoms. The average Bonchev–Trinajstić information content (AvgIpc) is 2.34. The van der Waals surface area contributed by atoms with E-state index in [1.54, 1.807) is 0 Å². The summed E-state index contributed by atoms with van der Waals surface area (Å²) in [6.07, 6.45) is 5.42. The van der Waals surface area contributed by atoms with Crippen LogP contribution in [0.3, 0.4) is 0 Å². The molecule has 0 spiro atoms. The van der Waals surface area contributed by atoms with E-state index in [0.29, 0.717) is 12.0 Å². The van der Waals surface area contributed by atoms with Crippen LogP contribution in [-0.2, 0) is 4.74 Å². The minimum Gasteiger partial charge on any atom is -0.378 e. The van der Waals surface area contributed by atoms with Crippen molar-refractivity contribution in [2.24, 2.45) is 0 Å². The van der Waals surface area contributed by atoms with Crippen LogP contribution in [0.2, 0.25) is 0 Å². The zero-order valence-electron chi connectivity index (χ0n) is 10.7. The van der Waals surface area contributed by atoms with Gasteiger partial charge >= 0.3 is 0 Å². The summed E-state index contributed by atoms with van der Waals surface area (Å²) in [4.78, 5) is 0. The molecule has 2 atom stereocenters. The van der Waals surface area contributed by atoms with Crippen LogP contribution < -0.4 is 0 Å². The van der Waals surface area contributed by atoms with E-state index in [-0.39, 0.29) is 0 Å². The fraction of sp³-hybridized carbons (Fsp3) is 0.600. The van der Waals surface area contributed by atoms with Gasteiger partial charge in [0.1, 0.15) is 0 Å². The van der Waals surface area contributed by atoms with Crippen molar-refractivity contribution in [3.8, 4) is 0 Å². The summed E-state index contributed by atoms with van der Waals surface area (Å²) in [5, 5.41) is 0. The lowest BCUT2D eigenvalue weighted by Gasteiger charge is -2.26. The van der Waals surface area contributed by atoms with E-state index in [4.69, 9.17) is 4.74 Å². The Morgan fingerprint density at radius 1 is 1.41 bits per heavy atom. The van der Waals surface area contributed by atoms with E-state index >= 15 is 0 Å². The molecule has 0 radical (unpaired) electrons. The SMILES string of the molecule is Cc1c(Br)cccc1C(C)CC1CCCCO1. The number of hydrogen-bond acceptors (Lipinski definition) is 1. The molecule has 1 nitrogen and oxygen atoms in total. The van der Waals surface area contributed by atoms with E-state index < -0.39 is 0 Å². The Bertz CT molecular complexity index is 369. The maximum atomic E-state index is 5.83. The summed E-state index contributed by atoms with van der Waals surface area (Å²) in [5.41, 5.74) is 2.82. The van der Waals surface area contributed by atoms with Crippen molar-refractivity contribution in [2.75, 3.05) is 6.61 Å². The summed E-state index contributed by atoms with van der Waals surface area (Å²) >= 11 is 3.61. The van der Waals surface area contributed by atoms with Crippen molar-refractivity contribution >= 4 is 15.9 Å². The Hall–Kier alpha value is -0.340. The largest absolute Gasteiger partial charge is 0.378 e. The normalized spacial score (nSPS) is 22.4. The zero-order valence-corrected chi connectivity index (χ0v) is 12.3. The molecule has 17 heavy (non-hydrogen) atoms. The Labute approximate surface area is 113 Å². The maximum absolute atomic E-state index is 5.83. The van der Waals surface area contributed by atoms with Crippen molar-refractivity contribution in [2.45, 2.75) is 51.6 Å². The van der Waals surface area contributed by atoms with E-state index in [2.05, 4.69) is 48.0 Å². The Morgan fingerprint density at radius 2 is 2.24 bits per heavy atom. The molecule has 0 saturated carbocycles. The summed E-state index contributed by atoms with van der Waals surface area (Å²) in [5.74, 6) is 0.579. The van der Waals surface area contributed by atoms with Crippen LogP contribution in [0.4, 0.5) is 0 Å². The topological polar surface area (TPSA) is 9.23 Å². The van der Waals surface area contributed by atoms with Crippen LogP contribution >= 0.6 is 15.9 Å². The summed E-state index contributed by atoms with van der Waals surface area (Å²) < 4.78 is 7.04. The molecule has 1 aliphatic rings. The molecular formula is C15H21BrO. The molecule has 1 heterocycles. The molecule has 0 bridgehead atoms. The standard InChI is InChI=1S/C15H21BrO/c1-11(10-13-6-3-4-9-17-13)14-7-5-8-15(16)12(14)2/h5,7-8,11,13H,3-4,6,9-10H2,1-2H3. The predicted octanol–water partition coefficient (Wildman–Crippen LogP) is 4.82. The minimum atomic E-state index is 0.470. The molecule has 1 saturated heterocycles. The van der Waals surface area contributed by atoms with Gasteiger partial charge in [-0.2, -0.15) is 0 Å². The second-order valence-corrected chi connectivity index (χ2v) is 5.93. The predicted molar refractivity (Wildman–Crippen MR) is 75.5 cm³/mol. The highest BCUT2D eigenvalue weighted by Crippen LogP contribution is 2.30. The van der Waals surface area contributed by atoms with Crippen LogP contribution in [0.1, 0.15) is 49.7 Å². The third-order valence-electron chi connectivity index (χ3n) is 3.73. The van der Waals surface area contributed by atoms with Gasteiger partial charge in [0.05, 0.1) is 6.10 Å². The number of ether oxygens (including phenoxy) is 1. The van der Waals surface area contributed by atoms with Crippen LogP contribution in [0.25, 0.3) is 0 Å². The van der Waals surface area contributed by atoms with E-state index in [1.807, 2.05) is 0 Å². The first-order valence-electron chi connectivity index (χ1n) is 6.55. The second kappa shape index (κ2) is 6.01. The Kier molecular flexibility index (Phi) is 4.63. The number of rotatable bonds is 3. The third-order valence-corrected chi connectivity index (χ3v) is 4.59. The first kappa shape index (κ1) is 13.1. The quantitative estimate of drug-likeness (QED) is 0.777. The van der Waals surface area contributed by atoms with Gasteiger partial charge in [-0.05, 0) is 55.7 Å². The summed E-state index contributed by atoms with van der Waals surface area (Å²) in [6, 6.07) is 6.49. The monoisotopic (exact) mass is 296 g/mol. The minimum absolute atomic E-state index is 0.470. The van der Waals surface area contributed by atoms with Crippen molar-refractivity contribution in [1.29, 1.82) is 0 Å². The molecular weight excluding hydrogens is 276 g/mol. The number of halogens is 1. The molecule has 1 aromatic rings. The first-order valence-corrected chi connectivity index (χ1v) is 7.34. The van der Waals surface area contributed by atoms with Crippen LogP contribution in [0.5, 0.6) is 0 Å². The fourth-order valence-corrected chi connectivity index (χ4v) is 3.05. The van der Waals surface area contributed by atoms with Crippen LogP contribution in [-0.4, -0.2) is 12.7 Å². The average molecular weight is 297 g/mol. The molecule has 94 valence electrons. The van der Waals surface area contributed by atoms with Gasteiger partial charge in [-0.3, -0.25) is 0 Å². The summed E-state index contributed by atoms with van der Waals surface area (Å²) in [7, 11) is 0. The van der Waals surface area contributed by atoms with Gasteiger partial charge in [0.2, 0.25) is 0 Å². The molecule has 0 amide bonds. The lowest BCUT2D eigenvalue weighted by molar-refractivity contribution is 0.00789. The molecule has 1 fully saturated rings. The Morgan fingerprint density at radius 3 is 2.94 bits per heavy atom. The summed E-state index contributed by atoms with van der Waals surface area (Å²) in [6.45, 7) is 5.46. The van der Waals surface area contributed by atoms with Gasteiger partial charge in [0.25, 0.3) is 0 Å². The molecule has 0 N–H and O–H groups in total. The van der Waals surface area contributed by atoms with Crippen molar-refractivity contribution in [3.05, 3.63) is 33.8 Å². The molecule has 0 aromatic heterocycles. The molecule has 0 aliphatic carbocycles. The van der Waals surface area contributed by atoms with Gasteiger partial charge in [0, 0.05) is 11.1 Å². The molecule has 2 rings (SSSR count). The lowest BCUT2D eigenvalue weighted by Crippen LogP contribution is -2.21. The van der Waals surface area contributed by atoms with E-state index in [1.165, 1.54) is 34.9 Å². The van der Waals surface area contributed by atoms with Gasteiger partial charge in [-0.1, -0.05) is 35.0 Å². The second-order valence-electron chi connectivity index (χ2n) is 5.08. The zero-order chi connectivity index (χ0) is 12.3. The highest BCUT2D eigenvalue weighted by molar-refractivity contribution is 9.10. The fourth-order valence-electron chi connectivity index (χ4n) is 2.67. The van der Waals surface area contributed by atoms with Crippen molar-refractivity contribution < 1.29 is 4.74 Å². The van der Waals surface area contributed by atoms with Crippen molar-refractivity contribution in [1.82, 2.24) is 0 Å². The van der Waals surface area contributed by atoms with Crippen LogP contribution in [0.15, 0.2) is 22.7 Å². The van der Waals surface area contributed by atoms with Crippen LogP contribution in [0, 0.1) is 6.92 Å². The highest BCUT2D eigenvalue weighted by atomic mass is 79.9. The highest BCUT2D eigenvalue weighted by Gasteiger charge is 2.19. The Balaban J connectivity index is 2.03. The van der Waals surface area contributed by atoms with E-state index in [0.717, 1.165) is 13.0 Å². The van der Waals surface area contributed by atoms with Gasteiger partial charge < -0.3 is 4.74 Å². The van der Waals surface area contributed by atoms with Gasteiger partial charge in [0.15, 0.2) is 0 Å².